The fraction of sp³-hybridized carbons (Fsp3) is 0.882. The number of nitrogens with one attached hydrogen (secondary N) is 3. The third-order valence-electron chi connectivity index (χ3n) is 4.63. The topological polar surface area (TPSA) is 74.8 Å². The average Bonchev–Trinajstić information content (AvgIpc) is 2.86. The number of aliphatic imine (C=N–C) groups is 1. The first-order valence-corrected chi connectivity index (χ1v) is 8.62. The lowest BCUT2D eigenvalue weighted by atomic mass is 9.57. The van der Waals surface area contributed by atoms with Gasteiger partial charge in [-0.1, -0.05) is 13.8 Å². The van der Waals surface area contributed by atoms with Crippen LogP contribution in [-0.2, 0) is 9.53 Å². The van der Waals surface area contributed by atoms with Crippen LogP contribution in [0.15, 0.2) is 4.99 Å². The maximum Gasteiger partial charge on any atom is 0.242 e. The summed E-state index contributed by atoms with van der Waals surface area (Å²) in [5, 5.41) is 9.68. The van der Waals surface area contributed by atoms with Crippen LogP contribution in [0.3, 0.4) is 0 Å². The molecule has 1 saturated heterocycles. The summed E-state index contributed by atoms with van der Waals surface area (Å²) in [6.45, 7) is 14.1. The molecule has 2 rings (SSSR count). The Morgan fingerprint density at radius 1 is 1.35 bits per heavy atom. The average molecular weight is 324 g/mol. The van der Waals surface area contributed by atoms with Gasteiger partial charge in [-0.15, -0.1) is 0 Å². The number of fused-ring (bicyclic) bond motifs is 1. The second-order valence-electron chi connectivity index (χ2n) is 8.18. The van der Waals surface area contributed by atoms with Crippen LogP contribution in [-0.4, -0.2) is 49.2 Å². The van der Waals surface area contributed by atoms with E-state index in [2.05, 4.69) is 34.8 Å². The van der Waals surface area contributed by atoms with Crippen molar-refractivity contribution in [2.75, 3.05) is 19.7 Å². The Balaban J connectivity index is 1.96. The molecule has 1 saturated carbocycles. The van der Waals surface area contributed by atoms with Crippen LogP contribution >= 0.6 is 0 Å². The fourth-order valence-corrected chi connectivity index (χ4v) is 3.69. The summed E-state index contributed by atoms with van der Waals surface area (Å²) in [5.74, 6) is 1.18. The predicted molar refractivity (Wildman–Crippen MR) is 92.4 cm³/mol. The molecule has 0 aromatic heterocycles. The van der Waals surface area contributed by atoms with E-state index < -0.39 is 0 Å². The molecular weight excluding hydrogens is 292 g/mol. The Kier molecular flexibility index (Phi) is 5.23. The van der Waals surface area contributed by atoms with Crippen molar-refractivity contribution in [3.8, 4) is 0 Å². The Labute approximate surface area is 139 Å². The van der Waals surface area contributed by atoms with Crippen LogP contribution in [0.2, 0.25) is 0 Å². The molecule has 1 heterocycles. The number of hydrogen-bond acceptors (Lipinski definition) is 3. The van der Waals surface area contributed by atoms with Gasteiger partial charge in [-0.2, -0.15) is 0 Å². The van der Waals surface area contributed by atoms with Crippen molar-refractivity contribution in [2.24, 2.45) is 16.3 Å². The normalized spacial score (nSPS) is 29.5. The van der Waals surface area contributed by atoms with E-state index in [1.54, 1.807) is 0 Å². The molecule has 0 radical (unpaired) electrons. The SMILES string of the molecule is CCNC(=NCC(=O)NC(C)(C)C)NC1C2CCOC2C1(C)C. The number of carbonyl (C=O) groups excluding carboxylic acids is 1. The van der Waals surface area contributed by atoms with Crippen LogP contribution < -0.4 is 16.0 Å². The van der Waals surface area contributed by atoms with Gasteiger partial charge >= 0.3 is 0 Å². The van der Waals surface area contributed by atoms with E-state index in [-0.39, 0.29) is 23.4 Å². The molecular formula is C17H32N4O2. The number of hydrogen-bond donors (Lipinski definition) is 3. The minimum absolute atomic E-state index is 0.0651. The fourth-order valence-electron chi connectivity index (χ4n) is 3.69. The molecule has 23 heavy (non-hydrogen) atoms. The van der Waals surface area contributed by atoms with Gasteiger partial charge in [0.15, 0.2) is 5.96 Å². The van der Waals surface area contributed by atoms with Crippen molar-refractivity contribution >= 4 is 11.9 Å². The molecule has 1 aliphatic heterocycles. The summed E-state index contributed by atoms with van der Waals surface area (Å²) in [4.78, 5) is 16.4. The number of carbonyl (C=O) groups is 1. The molecule has 132 valence electrons. The Bertz CT molecular complexity index is 468. The third kappa shape index (κ3) is 4.16. The van der Waals surface area contributed by atoms with Gasteiger partial charge in [0, 0.05) is 36.1 Å². The van der Waals surface area contributed by atoms with Crippen molar-refractivity contribution in [1.82, 2.24) is 16.0 Å². The van der Waals surface area contributed by atoms with E-state index in [4.69, 9.17) is 4.74 Å². The molecule has 2 aliphatic rings. The molecule has 1 aliphatic carbocycles. The van der Waals surface area contributed by atoms with Crippen LogP contribution in [0.25, 0.3) is 0 Å². The van der Waals surface area contributed by atoms with E-state index in [1.807, 2.05) is 27.7 Å². The molecule has 6 heteroatoms. The first kappa shape index (κ1) is 18.0. The van der Waals surface area contributed by atoms with Crippen LogP contribution in [0.4, 0.5) is 0 Å². The first-order valence-electron chi connectivity index (χ1n) is 8.62. The highest BCUT2D eigenvalue weighted by atomic mass is 16.5. The Morgan fingerprint density at radius 2 is 2.04 bits per heavy atom. The smallest absolute Gasteiger partial charge is 0.242 e. The predicted octanol–water partition coefficient (Wildman–Crippen LogP) is 1.27. The van der Waals surface area contributed by atoms with E-state index in [0.29, 0.717) is 24.0 Å². The molecule has 3 atom stereocenters. The molecule has 0 spiro atoms. The van der Waals surface area contributed by atoms with Crippen LogP contribution in [0, 0.1) is 11.3 Å². The van der Waals surface area contributed by atoms with Gasteiger partial charge in [-0.05, 0) is 34.1 Å². The number of nitrogens with zero attached hydrogens (tertiary/aromatic N) is 1. The first-order chi connectivity index (χ1) is 10.6. The van der Waals surface area contributed by atoms with Gasteiger partial charge in [0.2, 0.25) is 5.91 Å². The summed E-state index contributed by atoms with van der Waals surface area (Å²) in [6, 6.07) is 0.332. The minimum Gasteiger partial charge on any atom is -0.377 e. The molecule has 1 amide bonds. The van der Waals surface area contributed by atoms with E-state index >= 15 is 0 Å². The summed E-state index contributed by atoms with van der Waals surface area (Å²) in [7, 11) is 0. The second kappa shape index (κ2) is 6.67. The zero-order chi connectivity index (χ0) is 17.3. The zero-order valence-electron chi connectivity index (χ0n) is 15.3. The molecule has 0 aromatic carbocycles. The Morgan fingerprint density at radius 3 is 2.65 bits per heavy atom. The Hall–Kier alpha value is -1.30. The lowest BCUT2D eigenvalue weighted by Crippen LogP contribution is -2.68. The number of rotatable bonds is 4. The standard InChI is InChI=1S/C17H32N4O2/c1-7-18-15(19-10-12(22)21-16(2,3)4)20-13-11-8-9-23-14(11)17(13,5)6/h11,13-14H,7-10H2,1-6H3,(H,21,22)(H2,18,19,20). The second-order valence-corrected chi connectivity index (χ2v) is 8.18. The minimum atomic E-state index is -0.233. The molecule has 3 N–H and O–H groups in total. The van der Waals surface area contributed by atoms with Gasteiger partial charge in [-0.3, -0.25) is 4.79 Å². The van der Waals surface area contributed by atoms with Gasteiger partial charge in [0.05, 0.1) is 6.10 Å². The maximum atomic E-state index is 12.0. The highest BCUT2D eigenvalue weighted by molar-refractivity contribution is 5.85. The summed E-state index contributed by atoms with van der Waals surface area (Å²) >= 11 is 0. The van der Waals surface area contributed by atoms with Crippen LogP contribution in [0.1, 0.15) is 48.0 Å². The summed E-state index contributed by atoms with van der Waals surface area (Å²) in [5.41, 5.74) is -0.145. The van der Waals surface area contributed by atoms with E-state index in [0.717, 1.165) is 19.6 Å². The molecule has 2 fully saturated rings. The molecule has 6 nitrogen and oxygen atoms in total. The zero-order valence-corrected chi connectivity index (χ0v) is 15.3. The number of guanidine groups is 1. The van der Waals surface area contributed by atoms with Crippen molar-refractivity contribution in [3.05, 3.63) is 0 Å². The summed E-state index contributed by atoms with van der Waals surface area (Å²) < 4.78 is 5.83. The van der Waals surface area contributed by atoms with Gasteiger partial charge < -0.3 is 20.7 Å². The van der Waals surface area contributed by atoms with Crippen molar-refractivity contribution in [1.29, 1.82) is 0 Å². The van der Waals surface area contributed by atoms with Crippen molar-refractivity contribution < 1.29 is 9.53 Å². The number of amides is 1. The van der Waals surface area contributed by atoms with E-state index in [1.165, 1.54) is 0 Å². The summed E-state index contributed by atoms with van der Waals surface area (Å²) in [6.07, 6.45) is 1.43. The van der Waals surface area contributed by atoms with Crippen molar-refractivity contribution in [2.45, 2.75) is 65.6 Å². The van der Waals surface area contributed by atoms with Gasteiger partial charge in [-0.25, -0.2) is 4.99 Å². The quantitative estimate of drug-likeness (QED) is 0.538. The van der Waals surface area contributed by atoms with Crippen LogP contribution in [0.5, 0.6) is 0 Å². The molecule has 0 bridgehead atoms. The van der Waals surface area contributed by atoms with Gasteiger partial charge in [0.25, 0.3) is 0 Å². The van der Waals surface area contributed by atoms with E-state index in [9.17, 15) is 4.79 Å². The highest BCUT2D eigenvalue weighted by Crippen LogP contribution is 2.52. The highest BCUT2D eigenvalue weighted by Gasteiger charge is 2.59. The molecule has 3 unspecified atom stereocenters. The number of ether oxygens (including phenoxy) is 1. The van der Waals surface area contributed by atoms with Gasteiger partial charge in [0.1, 0.15) is 6.54 Å². The maximum absolute atomic E-state index is 12.0. The lowest BCUT2D eigenvalue weighted by molar-refractivity contribution is -0.121. The largest absolute Gasteiger partial charge is 0.377 e. The lowest BCUT2D eigenvalue weighted by Gasteiger charge is -2.54. The monoisotopic (exact) mass is 324 g/mol. The molecule has 0 aromatic rings. The third-order valence-corrected chi connectivity index (χ3v) is 4.63. The van der Waals surface area contributed by atoms with Crippen molar-refractivity contribution in [3.63, 3.8) is 0 Å².